The molecule has 0 aliphatic heterocycles. The normalized spacial score (nSPS) is 12.3. The number of hydrogen-bond donors (Lipinski definition) is 2. The molecular formula is C17H21N3O. The van der Waals surface area contributed by atoms with Crippen molar-refractivity contribution in [2.45, 2.75) is 19.5 Å². The van der Waals surface area contributed by atoms with Gasteiger partial charge in [0.1, 0.15) is 0 Å². The Morgan fingerprint density at radius 3 is 2.43 bits per heavy atom. The SMILES string of the molecule is CC(c1cccc(N)c1)N(C)Cc1ccc(C(N)=O)cc1. The van der Waals surface area contributed by atoms with E-state index >= 15 is 0 Å². The number of hydrogen-bond acceptors (Lipinski definition) is 3. The number of carbonyl (C=O) groups excluding carboxylic acids is 1. The van der Waals surface area contributed by atoms with Crippen LogP contribution in [0.3, 0.4) is 0 Å². The van der Waals surface area contributed by atoms with Gasteiger partial charge in [0.25, 0.3) is 0 Å². The lowest BCUT2D eigenvalue weighted by atomic mass is 10.1. The first kappa shape index (κ1) is 15.1. The van der Waals surface area contributed by atoms with E-state index in [4.69, 9.17) is 11.5 Å². The predicted octanol–water partition coefficient (Wildman–Crippen LogP) is 2.56. The van der Waals surface area contributed by atoms with Crippen LogP contribution in [0.5, 0.6) is 0 Å². The van der Waals surface area contributed by atoms with Crippen molar-refractivity contribution in [1.29, 1.82) is 0 Å². The van der Waals surface area contributed by atoms with Gasteiger partial charge in [-0.25, -0.2) is 0 Å². The number of primary amides is 1. The molecule has 4 nitrogen and oxygen atoms in total. The molecule has 2 aromatic rings. The van der Waals surface area contributed by atoms with E-state index in [1.807, 2.05) is 30.3 Å². The molecule has 1 unspecified atom stereocenters. The van der Waals surface area contributed by atoms with Gasteiger partial charge in [-0.1, -0.05) is 24.3 Å². The van der Waals surface area contributed by atoms with Crippen LogP contribution in [0.4, 0.5) is 5.69 Å². The summed E-state index contributed by atoms with van der Waals surface area (Å²) in [7, 11) is 2.07. The Hall–Kier alpha value is -2.33. The minimum Gasteiger partial charge on any atom is -0.399 e. The Morgan fingerprint density at radius 2 is 1.86 bits per heavy atom. The molecule has 4 heteroatoms. The fraction of sp³-hybridized carbons (Fsp3) is 0.235. The van der Waals surface area contributed by atoms with Crippen LogP contribution in [0.15, 0.2) is 48.5 Å². The van der Waals surface area contributed by atoms with Gasteiger partial charge < -0.3 is 11.5 Å². The van der Waals surface area contributed by atoms with E-state index in [1.165, 1.54) is 5.56 Å². The molecular weight excluding hydrogens is 262 g/mol. The summed E-state index contributed by atoms with van der Waals surface area (Å²) in [6, 6.07) is 15.6. The molecule has 2 aromatic carbocycles. The Labute approximate surface area is 125 Å². The van der Waals surface area contributed by atoms with E-state index in [-0.39, 0.29) is 6.04 Å². The van der Waals surface area contributed by atoms with Crippen molar-refractivity contribution in [3.63, 3.8) is 0 Å². The third-order valence-corrected chi connectivity index (χ3v) is 3.72. The van der Waals surface area contributed by atoms with Crippen LogP contribution in [-0.2, 0) is 6.54 Å². The second kappa shape index (κ2) is 6.41. The van der Waals surface area contributed by atoms with Crippen molar-refractivity contribution in [3.05, 3.63) is 65.2 Å². The lowest BCUT2D eigenvalue weighted by Crippen LogP contribution is -2.22. The van der Waals surface area contributed by atoms with Crippen LogP contribution in [0, 0.1) is 0 Å². The van der Waals surface area contributed by atoms with Crippen LogP contribution in [0.25, 0.3) is 0 Å². The molecule has 0 saturated heterocycles. The number of nitrogens with zero attached hydrogens (tertiary/aromatic N) is 1. The molecule has 0 fully saturated rings. The molecule has 0 saturated carbocycles. The average molecular weight is 283 g/mol. The summed E-state index contributed by atoms with van der Waals surface area (Å²) in [6.07, 6.45) is 0. The van der Waals surface area contributed by atoms with E-state index < -0.39 is 5.91 Å². The van der Waals surface area contributed by atoms with Crippen LogP contribution in [0.1, 0.15) is 34.5 Å². The molecule has 0 radical (unpaired) electrons. The van der Waals surface area contributed by atoms with Gasteiger partial charge in [-0.15, -0.1) is 0 Å². The van der Waals surface area contributed by atoms with Gasteiger partial charge in [0.2, 0.25) is 5.91 Å². The van der Waals surface area contributed by atoms with Crippen LogP contribution in [0.2, 0.25) is 0 Å². The van der Waals surface area contributed by atoms with Gasteiger partial charge in [-0.05, 0) is 49.4 Å². The monoisotopic (exact) mass is 283 g/mol. The lowest BCUT2D eigenvalue weighted by Gasteiger charge is -2.25. The maximum atomic E-state index is 11.1. The number of rotatable bonds is 5. The second-order valence-corrected chi connectivity index (χ2v) is 5.32. The summed E-state index contributed by atoms with van der Waals surface area (Å²) in [5, 5.41) is 0. The second-order valence-electron chi connectivity index (χ2n) is 5.32. The van der Waals surface area contributed by atoms with Gasteiger partial charge >= 0.3 is 0 Å². The van der Waals surface area contributed by atoms with Gasteiger partial charge in [0.15, 0.2) is 0 Å². The molecule has 1 atom stereocenters. The summed E-state index contributed by atoms with van der Waals surface area (Å²) in [6.45, 7) is 2.93. The van der Waals surface area contributed by atoms with Gasteiger partial charge in [0, 0.05) is 23.8 Å². The van der Waals surface area contributed by atoms with Gasteiger partial charge in [-0.3, -0.25) is 9.69 Å². The fourth-order valence-electron chi connectivity index (χ4n) is 2.27. The molecule has 0 heterocycles. The maximum absolute atomic E-state index is 11.1. The summed E-state index contributed by atoms with van der Waals surface area (Å²) < 4.78 is 0. The standard InChI is InChI=1S/C17H21N3O/c1-12(15-4-3-5-16(18)10-15)20(2)11-13-6-8-14(9-7-13)17(19)21/h3-10,12H,11,18H2,1-2H3,(H2,19,21). The average Bonchev–Trinajstić information content (AvgIpc) is 2.47. The lowest BCUT2D eigenvalue weighted by molar-refractivity contribution is 0.100. The quantitative estimate of drug-likeness (QED) is 0.828. The van der Waals surface area contributed by atoms with E-state index in [0.717, 1.165) is 17.8 Å². The third kappa shape index (κ3) is 3.83. The number of amides is 1. The van der Waals surface area contributed by atoms with Gasteiger partial charge in [0.05, 0.1) is 0 Å². The molecule has 0 spiro atoms. The van der Waals surface area contributed by atoms with Crippen molar-refractivity contribution in [2.24, 2.45) is 5.73 Å². The number of anilines is 1. The van der Waals surface area contributed by atoms with Crippen LogP contribution >= 0.6 is 0 Å². The topological polar surface area (TPSA) is 72.3 Å². The summed E-state index contributed by atoms with van der Waals surface area (Å²) in [4.78, 5) is 13.3. The molecule has 4 N–H and O–H groups in total. The maximum Gasteiger partial charge on any atom is 0.248 e. The number of nitrogens with two attached hydrogens (primary N) is 2. The minimum atomic E-state index is -0.400. The smallest absolute Gasteiger partial charge is 0.248 e. The van der Waals surface area contributed by atoms with Crippen molar-refractivity contribution in [3.8, 4) is 0 Å². The third-order valence-electron chi connectivity index (χ3n) is 3.72. The van der Waals surface area contributed by atoms with Crippen molar-refractivity contribution < 1.29 is 4.79 Å². The summed E-state index contributed by atoms with van der Waals surface area (Å²) >= 11 is 0. The Balaban J connectivity index is 2.06. The summed E-state index contributed by atoms with van der Waals surface area (Å²) in [5.74, 6) is -0.400. The number of carbonyl (C=O) groups is 1. The zero-order chi connectivity index (χ0) is 15.4. The highest BCUT2D eigenvalue weighted by molar-refractivity contribution is 5.92. The van der Waals surface area contributed by atoms with E-state index in [1.54, 1.807) is 12.1 Å². The van der Waals surface area contributed by atoms with Crippen molar-refractivity contribution >= 4 is 11.6 Å². The van der Waals surface area contributed by atoms with Gasteiger partial charge in [-0.2, -0.15) is 0 Å². The molecule has 110 valence electrons. The highest BCUT2D eigenvalue weighted by Gasteiger charge is 2.12. The molecule has 0 aliphatic carbocycles. The largest absolute Gasteiger partial charge is 0.399 e. The zero-order valence-electron chi connectivity index (χ0n) is 12.4. The first-order valence-electron chi connectivity index (χ1n) is 6.92. The summed E-state index contributed by atoms with van der Waals surface area (Å²) in [5.41, 5.74) is 14.7. The molecule has 0 aliphatic rings. The predicted molar refractivity (Wildman–Crippen MR) is 85.7 cm³/mol. The minimum absolute atomic E-state index is 0.254. The molecule has 2 rings (SSSR count). The highest BCUT2D eigenvalue weighted by Crippen LogP contribution is 2.22. The van der Waals surface area contributed by atoms with E-state index in [9.17, 15) is 4.79 Å². The first-order chi connectivity index (χ1) is 9.97. The first-order valence-corrected chi connectivity index (χ1v) is 6.92. The van der Waals surface area contributed by atoms with Crippen LogP contribution < -0.4 is 11.5 Å². The Kier molecular flexibility index (Phi) is 4.60. The zero-order valence-corrected chi connectivity index (χ0v) is 12.4. The Bertz CT molecular complexity index is 622. The number of benzene rings is 2. The van der Waals surface area contributed by atoms with E-state index in [0.29, 0.717) is 5.56 Å². The van der Waals surface area contributed by atoms with Crippen molar-refractivity contribution in [2.75, 3.05) is 12.8 Å². The molecule has 0 bridgehead atoms. The number of nitrogen functional groups attached to an aromatic ring is 1. The fourth-order valence-corrected chi connectivity index (χ4v) is 2.27. The van der Waals surface area contributed by atoms with Crippen LogP contribution in [-0.4, -0.2) is 17.9 Å². The molecule has 21 heavy (non-hydrogen) atoms. The van der Waals surface area contributed by atoms with Crippen molar-refractivity contribution in [1.82, 2.24) is 4.90 Å². The molecule has 0 aromatic heterocycles. The highest BCUT2D eigenvalue weighted by atomic mass is 16.1. The molecule has 1 amide bonds. The van der Waals surface area contributed by atoms with E-state index in [2.05, 4.69) is 24.9 Å². The Morgan fingerprint density at radius 1 is 1.19 bits per heavy atom.